The van der Waals surface area contributed by atoms with Gasteiger partial charge in [-0.05, 0) is 12.1 Å². The first kappa shape index (κ1) is 14.0. The van der Waals surface area contributed by atoms with Crippen molar-refractivity contribution in [1.29, 1.82) is 0 Å². The van der Waals surface area contributed by atoms with Gasteiger partial charge in [0.2, 0.25) is 5.91 Å². The van der Waals surface area contributed by atoms with Crippen molar-refractivity contribution in [3.63, 3.8) is 0 Å². The number of aromatic nitrogens is 1. The van der Waals surface area contributed by atoms with Gasteiger partial charge in [0.1, 0.15) is 11.6 Å². The molecule has 100 valence electrons. The average Bonchev–Trinajstić information content (AvgIpc) is 2.88. The number of carbonyl (C=O) groups is 1. The first-order valence-corrected chi connectivity index (χ1v) is 7.04. The van der Waals surface area contributed by atoms with E-state index in [0.717, 1.165) is 22.0 Å². The molecule has 4 nitrogen and oxygen atoms in total. The van der Waals surface area contributed by atoms with Crippen molar-refractivity contribution >= 4 is 34.5 Å². The van der Waals surface area contributed by atoms with Gasteiger partial charge in [0.05, 0.1) is 11.6 Å². The lowest BCUT2D eigenvalue weighted by atomic mass is 10.2. The third kappa shape index (κ3) is 3.76. The van der Waals surface area contributed by atoms with Crippen molar-refractivity contribution in [2.24, 2.45) is 0 Å². The molecule has 1 heterocycles. The first-order chi connectivity index (χ1) is 9.22. The maximum absolute atomic E-state index is 11.4. The summed E-state index contributed by atoms with van der Waals surface area (Å²) in [5.41, 5.74) is 2.54. The number of carbonyl (C=O) groups excluding carboxylic acids is 1. The molecule has 0 fully saturated rings. The van der Waals surface area contributed by atoms with Gasteiger partial charge < -0.3 is 10.1 Å². The molecule has 1 amide bonds. The second-order valence-corrected chi connectivity index (χ2v) is 4.96. The highest BCUT2D eigenvalue weighted by Crippen LogP contribution is 2.26. The van der Waals surface area contributed by atoms with Gasteiger partial charge in [0.15, 0.2) is 0 Å². The number of amides is 1. The summed E-state index contributed by atoms with van der Waals surface area (Å²) in [6.45, 7) is 0.0396. The Labute approximate surface area is 120 Å². The van der Waals surface area contributed by atoms with Gasteiger partial charge in [-0.3, -0.25) is 4.79 Å². The smallest absolute Gasteiger partial charge is 0.250 e. The van der Waals surface area contributed by atoms with Crippen LogP contribution in [0, 0.1) is 0 Å². The molecular formula is C13H13ClN2O2S. The number of alkyl halides is 1. The highest BCUT2D eigenvalue weighted by Gasteiger charge is 2.06. The summed E-state index contributed by atoms with van der Waals surface area (Å²) in [5, 5.41) is 5.58. The van der Waals surface area contributed by atoms with Gasteiger partial charge in [0.25, 0.3) is 0 Å². The van der Waals surface area contributed by atoms with Crippen molar-refractivity contribution in [3.05, 3.63) is 35.3 Å². The molecule has 0 unspecified atom stereocenters. The number of nitrogens with zero attached hydrogens (tertiary/aromatic N) is 1. The Hall–Kier alpha value is -1.43. The van der Waals surface area contributed by atoms with E-state index in [2.05, 4.69) is 10.3 Å². The molecule has 0 bridgehead atoms. The fourth-order valence-electron chi connectivity index (χ4n) is 1.56. The van der Waals surface area contributed by atoms with Crippen LogP contribution in [0.2, 0.25) is 0 Å². The normalized spacial score (nSPS) is 10.4. The predicted octanol–water partition coefficient (Wildman–Crippen LogP) is 3.13. The standard InChI is InChI=1S/C13H13ClN2O2S/c1-18-7-12(17)15-10-4-2-3-9(5-10)13-16-11(6-14)8-19-13/h2-5,8H,6-7H2,1H3,(H,15,17). The number of hydrogen-bond acceptors (Lipinski definition) is 4. The summed E-state index contributed by atoms with van der Waals surface area (Å²) in [4.78, 5) is 15.8. The van der Waals surface area contributed by atoms with Crippen LogP contribution in [-0.2, 0) is 15.4 Å². The number of methoxy groups -OCH3 is 1. The molecule has 0 atom stereocenters. The van der Waals surface area contributed by atoms with E-state index in [9.17, 15) is 4.79 Å². The fraction of sp³-hybridized carbons (Fsp3) is 0.231. The Bertz CT molecular complexity index is 571. The topological polar surface area (TPSA) is 51.2 Å². The number of rotatable bonds is 5. The molecule has 2 rings (SSSR count). The van der Waals surface area contributed by atoms with Gasteiger partial charge in [-0.15, -0.1) is 22.9 Å². The van der Waals surface area contributed by atoms with Crippen LogP contribution in [0.25, 0.3) is 10.6 Å². The molecule has 0 spiro atoms. The van der Waals surface area contributed by atoms with Crippen LogP contribution in [0.3, 0.4) is 0 Å². The molecule has 0 saturated carbocycles. The highest BCUT2D eigenvalue weighted by molar-refractivity contribution is 7.13. The maximum atomic E-state index is 11.4. The number of benzene rings is 1. The minimum Gasteiger partial charge on any atom is -0.375 e. The lowest BCUT2D eigenvalue weighted by molar-refractivity contribution is -0.119. The van der Waals surface area contributed by atoms with Gasteiger partial charge in [-0.25, -0.2) is 4.98 Å². The van der Waals surface area contributed by atoms with E-state index in [-0.39, 0.29) is 12.5 Å². The third-order valence-corrected chi connectivity index (χ3v) is 3.57. The highest BCUT2D eigenvalue weighted by atomic mass is 35.5. The zero-order chi connectivity index (χ0) is 13.7. The Morgan fingerprint density at radius 3 is 3.05 bits per heavy atom. The molecule has 6 heteroatoms. The van der Waals surface area contributed by atoms with Crippen LogP contribution in [-0.4, -0.2) is 24.6 Å². The lowest BCUT2D eigenvalue weighted by Crippen LogP contribution is -2.16. The molecule has 0 radical (unpaired) electrons. The molecule has 1 aromatic heterocycles. The van der Waals surface area contributed by atoms with Crippen LogP contribution in [0.5, 0.6) is 0 Å². The Balaban J connectivity index is 2.16. The zero-order valence-electron chi connectivity index (χ0n) is 10.4. The number of thiazole rings is 1. The minimum atomic E-state index is -0.180. The predicted molar refractivity (Wildman–Crippen MR) is 77.6 cm³/mol. The van der Waals surface area contributed by atoms with Crippen LogP contribution in [0.1, 0.15) is 5.69 Å². The third-order valence-electron chi connectivity index (χ3n) is 2.36. The van der Waals surface area contributed by atoms with Gasteiger partial charge in [-0.2, -0.15) is 0 Å². The zero-order valence-corrected chi connectivity index (χ0v) is 11.9. The molecule has 1 N–H and O–H groups in total. The van der Waals surface area contributed by atoms with Crippen LogP contribution in [0.15, 0.2) is 29.6 Å². The SMILES string of the molecule is COCC(=O)Nc1cccc(-c2nc(CCl)cs2)c1. The summed E-state index contributed by atoms with van der Waals surface area (Å²) >= 11 is 7.27. The number of ether oxygens (including phenoxy) is 1. The van der Waals surface area contributed by atoms with Crippen molar-refractivity contribution in [3.8, 4) is 10.6 Å². The maximum Gasteiger partial charge on any atom is 0.250 e. The van der Waals surface area contributed by atoms with Crippen LogP contribution >= 0.6 is 22.9 Å². The van der Waals surface area contributed by atoms with E-state index in [0.29, 0.717) is 5.88 Å². The first-order valence-electron chi connectivity index (χ1n) is 5.62. The molecule has 0 aliphatic carbocycles. The van der Waals surface area contributed by atoms with Gasteiger partial charge >= 0.3 is 0 Å². The van der Waals surface area contributed by atoms with Crippen LogP contribution < -0.4 is 5.32 Å². The molecule has 0 saturated heterocycles. The van der Waals surface area contributed by atoms with Crippen LogP contribution in [0.4, 0.5) is 5.69 Å². The Morgan fingerprint density at radius 2 is 2.37 bits per heavy atom. The summed E-state index contributed by atoms with van der Waals surface area (Å²) in [6, 6.07) is 7.53. The summed E-state index contributed by atoms with van der Waals surface area (Å²) in [6.07, 6.45) is 0. The molecular weight excluding hydrogens is 284 g/mol. The summed E-state index contributed by atoms with van der Waals surface area (Å²) < 4.78 is 4.77. The lowest BCUT2D eigenvalue weighted by Gasteiger charge is -2.05. The number of halogens is 1. The quantitative estimate of drug-likeness (QED) is 0.863. The molecule has 19 heavy (non-hydrogen) atoms. The fourth-order valence-corrected chi connectivity index (χ4v) is 2.60. The Kier molecular flexibility index (Phi) is 4.90. The van der Waals surface area contributed by atoms with E-state index >= 15 is 0 Å². The van der Waals surface area contributed by atoms with E-state index < -0.39 is 0 Å². The minimum absolute atomic E-state index is 0.0396. The van der Waals surface area contributed by atoms with Gasteiger partial charge in [0, 0.05) is 23.7 Å². The second kappa shape index (κ2) is 6.65. The molecule has 0 aliphatic heterocycles. The molecule has 0 aliphatic rings. The molecule has 2 aromatic rings. The van der Waals surface area contributed by atoms with E-state index in [1.165, 1.54) is 18.4 Å². The number of hydrogen-bond donors (Lipinski definition) is 1. The number of anilines is 1. The Morgan fingerprint density at radius 1 is 1.53 bits per heavy atom. The van der Waals surface area contributed by atoms with Gasteiger partial charge in [-0.1, -0.05) is 12.1 Å². The van der Waals surface area contributed by atoms with Crippen molar-refractivity contribution in [2.75, 3.05) is 19.0 Å². The summed E-state index contributed by atoms with van der Waals surface area (Å²) in [7, 11) is 1.49. The van der Waals surface area contributed by atoms with E-state index in [1.54, 1.807) is 0 Å². The monoisotopic (exact) mass is 296 g/mol. The van der Waals surface area contributed by atoms with E-state index in [4.69, 9.17) is 16.3 Å². The van der Waals surface area contributed by atoms with Crippen molar-refractivity contribution in [2.45, 2.75) is 5.88 Å². The largest absolute Gasteiger partial charge is 0.375 e. The van der Waals surface area contributed by atoms with Crippen molar-refractivity contribution < 1.29 is 9.53 Å². The second-order valence-electron chi connectivity index (χ2n) is 3.84. The average molecular weight is 297 g/mol. The van der Waals surface area contributed by atoms with Crippen molar-refractivity contribution in [1.82, 2.24) is 4.98 Å². The molecule has 1 aromatic carbocycles. The van der Waals surface area contributed by atoms with E-state index in [1.807, 2.05) is 29.6 Å². The summed E-state index contributed by atoms with van der Waals surface area (Å²) in [5.74, 6) is 0.223. The number of nitrogens with one attached hydrogen (secondary N) is 1.